The number of carbonyl (C=O) groups excluding carboxylic acids is 1. The van der Waals surface area contributed by atoms with E-state index < -0.39 is 11.5 Å². The van der Waals surface area contributed by atoms with Gasteiger partial charge in [-0.05, 0) is 39.5 Å². The molecule has 1 heterocycles. The highest BCUT2D eigenvalue weighted by Crippen LogP contribution is 2.30. The highest BCUT2D eigenvalue weighted by molar-refractivity contribution is 7.15. The van der Waals surface area contributed by atoms with E-state index in [9.17, 15) is 9.59 Å². The molecule has 0 radical (unpaired) electrons. The Bertz CT molecular complexity index is 503. The SMILES string of the molecule is CC(C)(CCC(=O)O)NC(=O)Nc1nc2c(s1)CCC2. The summed E-state index contributed by atoms with van der Waals surface area (Å²) in [6, 6.07) is -0.340. The number of carboxylic acid groups (broad SMARTS) is 1. The summed E-state index contributed by atoms with van der Waals surface area (Å²) in [5.74, 6) is -0.864. The number of hydrogen-bond acceptors (Lipinski definition) is 4. The van der Waals surface area contributed by atoms with Crippen molar-refractivity contribution in [3.8, 4) is 0 Å². The predicted molar refractivity (Wildman–Crippen MR) is 77.2 cm³/mol. The second-order valence-electron chi connectivity index (χ2n) is 5.60. The molecule has 0 unspecified atom stereocenters. The van der Waals surface area contributed by atoms with Crippen molar-refractivity contribution in [3.63, 3.8) is 0 Å². The Morgan fingerprint density at radius 3 is 2.80 bits per heavy atom. The van der Waals surface area contributed by atoms with Crippen LogP contribution in [-0.2, 0) is 17.6 Å². The van der Waals surface area contributed by atoms with Gasteiger partial charge in [0, 0.05) is 16.8 Å². The van der Waals surface area contributed by atoms with Gasteiger partial charge >= 0.3 is 12.0 Å². The highest BCUT2D eigenvalue weighted by atomic mass is 32.1. The molecule has 0 saturated carbocycles. The molecule has 0 aliphatic heterocycles. The van der Waals surface area contributed by atoms with Crippen molar-refractivity contribution >= 4 is 28.5 Å². The van der Waals surface area contributed by atoms with Crippen LogP contribution in [0.1, 0.15) is 43.7 Å². The summed E-state index contributed by atoms with van der Waals surface area (Å²) in [6.07, 6.45) is 3.57. The van der Waals surface area contributed by atoms with Gasteiger partial charge in [0.05, 0.1) is 5.69 Å². The van der Waals surface area contributed by atoms with Gasteiger partial charge in [0.1, 0.15) is 0 Å². The molecule has 0 fully saturated rings. The van der Waals surface area contributed by atoms with Crippen molar-refractivity contribution in [1.82, 2.24) is 10.3 Å². The molecule has 0 saturated heterocycles. The number of aromatic nitrogens is 1. The Balaban J connectivity index is 1.86. The Hall–Kier alpha value is -1.63. The number of nitrogens with zero attached hydrogens (tertiary/aromatic N) is 1. The Morgan fingerprint density at radius 1 is 1.40 bits per heavy atom. The monoisotopic (exact) mass is 297 g/mol. The second kappa shape index (κ2) is 5.78. The van der Waals surface area contributed by atoms with Crippen molar-refractivity contribution in [2.75, 3.05) is 5.32 Å². The fourth-order valence-electron chi connectivity index (χ4n) is 2.16. The van der Waals surface area contributed by atoms with Crippen LogP contribution < -0.4 is 10.6 Å². The molecule has 2 amide bonds. The van der Waals surface area contributed by atoms with Crippen LogP contribution in [0.2, 0.25) is 0 Å². The van der Waals surface area contributed by atoms with Crippen LogP contribution >= 0.6 is 11.3 Å². The standard InChI is InChI=1S/C13H19N3O3S/c1-13(2,7-6-10(17)18)16-11(19)15-12-14-8-4-3-5-9(8)20-12/h3-7H2,1-2H3,(H,17,18)(H2,14,15,16,19). The molecule has 2 rings (SSSR count). The Kier molecular flexibility index (Phi) is 4.27. The molecule has 3 N–H and O–H groups in total. The zero-order chi connectivity index (χ0) is 14.8. The van der Waals surface area contributed by atoms with Crippen molar-refractivity contribution in [3.05, 3.63) is 10.6 Å². The van der Waals surface area contributed by atoms with Crippen LogP contribution in [0.3, 0.4) is 0 Å². The minimum absolute atomic E-state index is 0.0266. The topological polar surface area (TPSA) is 91.3 Å². The fourth-order valence-corrected chi connectivity index (χ4v) is 3.21. The van der Waals surface area contributed by atoms with Gasteiger partial charge < -0.3 is 10.4 Å². The van der Waals surface area contributed by atoms with Crippen LogP contribution in [0.4, 0.5) is 9.93 Å². The number of aliphatic carboxylic acids is 1. The molecule has 1 aromatic heterocycles. The molecule has 20 heavy (non-hydrogen) atoms. The van der Waals surface area contributed by atoms with Crippen molar-refractivity contribution in [2.45, 2.75) is 51.5 Å². The number of thiazole rings is 1. The van der Waals surface area contributed by atoms with Gasteiger partial charge in [0.15, 0.2) is 5.13 Å². The molecule has 1 aliphatic carbocycles. The molecular formula is C13H19N3O3S. The van der Waals surface area contributed by atoms with Crippen molar-refractivity contribution in [1.29, 1.82) is 0 Å². The zero-order valence-corrected chi connectivity index (χ0v) is 12.5. The lowest BCUT2D eigenvalue weighted by Crippen LogP contribution is -2.45. The van der Waals surface area contributed by atoms with Crippen molar-refractivity contribution in [2.24, 2.45) is 0 Å². The molecule has 0 bridgehead atoms. The molecule has 0 atom stereocenters. The summed E-state index contributed by atoms with van der Waals surface area (Å²) >= 11 is 1.52. The van der Waals surface area contributed by atoms with Gasteiger partial charge in [-0.25, -0.2) is 9.78 Å². The number of fused-ring (bicyclic) bond motifs is 1. The molecule has 0 aromatic carbocycles. The second-order valence-corrected chi connectivity index (χ2v) is 6.68. The average Bonchev–Trinajstić information content (AvgIpc) is 2.86. The Morgan fingerprint density at radius 2 is 2.15 bits per heavy atom. The lowest BCUT2D eigenvalue weighted by molar-refractivity contribution is -0.137. The number of rotatable bonds is 5. The quantitative estimate of drug-likeness (QED) is 0.778. The number of anilines is 1. The summed E-state index contributed by atoms with van der Waals surface area (Å²) < 4.78 is 0. The van der Waals surface area contributed by atoms with Crippen LogP contribution in [0.15, 0.2) is 0 Å². The van der Waals surface area contributed by atoms with E-state index in [1.54, 1.807) is 13.8 Å². The van der Waals surface area contributed by atoms with Gasteiger partial charge in [-0.15, -0.1) is 11.3 Å². The average molecular weight is 297 g/mol. The van der Waals surface area contributed by atoms with E-state index in [1.807, 2.05) is 0 Å². The zero-order valence-electron chi connectivity index (χ0n) is 11.7. The minimum Gasteiger partial charge on any atom is -0.481 e. The number of urea groups is 1. The third-order valence-electron chi connectivity index (χ3n) is 3.23. The molecule has 6 nitrogen and oxygen atoms in total. The van der Waals surface area contributed by atoms with Crippen molar-refractivity contribution < 1.29 is 14.7 Å². The lowest BCUT2D eigenvalue weighted by Gasteiger charge is -2.25. The van der Waals surface area contributed by atoms with Gasteiger partial charge in [0.2, 0.25) is 0 Å². The van der Waals surface area contributed by atoms with E-state index in [0.717, 1.165) is 25.0 Å². The first-order chi connectivity index (χ1) is 9.35. The largest absolute Gasteiger partial charge is 0.481 e. The summed E-state index contributed by atoms with van der Waals surface area (Å²) in [5, 5.41) is 14.8. The van der Waals surface area contributed by atoms with Crippen LogP contribution in [0, 0.1) is 0 Å². The number of carboxylic acids is 1. The molecule has 110 valence electrons. The highest BCUT2D eigenvalue weighted by Gasteiger charge is 2.23. The molecule has 7 heteroatoms. The van der Waals surface area contributed by atoms with E-state index in [1.165, 1.54) is 16.2 Å². The maximum Gasteiger partial charge on any atom is 0.321 e. The van der Waals surface area contributed by atoms with Gasteiger partial charge in [-0.3, -0.25) is 10.1 Å². The smallest absolute Gasteiger partial charge is 0.321 e. The van der Waals surface area contributed by atoms with Gasteiger partial charge in [0.25, 0.3) is 0 Å². The summed E-state index contributed by atoms with van der Waals surface area (Å²) in [5.41, 5.74) is 0.526. The summed E-state index contributed by atoms with van der Waals surface area (Å²) in [4.78, 5) is 28.1. The van der Waals surface area contributed by atoms with E-state index in [-0.39, 0.29) is 12.5 Å². The number of carbonyl (C=O) groups is 2. The third-order valence-corrected chi connectivity index (χ3v) is 4.30. The van der Waals surface area contributed by atoms with E-state index in [4.69, 9.17) is 5.11 Å². The maximum atomic E-state index is 11.9. The Labute approximate surface area is 121 Å². The molecule has 0 spiro atoms. The first-order valence-electron chi connectivity index (χ1n) is 6.65. The van der Waals surface area contributed by atoms with Crippen LogP contribution in [0.5, 0.6) is 0 Å². The van der Waals surface area contributed by atoms with Crippen LogP contribution in [-0.4, -0.2) is 27.6 Å². The number of nitrogens with one attached hydrogen (secondary N) is 2. The molecule has 1 aromatic rings. The predicted octanol–water partition coefficient (Wildman–Crippen LogP) is 2.40. The fraction of sp³-hybridized carbons (Fsp3) is 0.615. The normalized spacial score (nSPS) is 13.9. The van der Waals surface area contributed by atoms with Gasteiger partial charge in [-0.2, -0.15) is 0 Å². The van der Waals surface area contributed by atoms with E-state index >= 15 is 0 Å². The first kappa shape index (κ1) is 14.8. The maximum absolute atomic E-state index is 11.9. The molecular weight excluding hydrogens is 278 g/mol. The van der Waals surface area contributed by atoms with Gasteiger partial charge in [-0.1, -0.05) is 0 Å². The van der Waals surface area contributed by atoms with E-state index in [0.29, 0.717) is 11.6 Å². The summed E-state index contributed by atoms with van der Waals surface area (Å²) in [7, 11) is 0. The number of aryl methyl sites for hydroxylation is 2. The number of hydrogen-bond donors (Lipinski definition) is 3. The number of amides is 2. The van der Waals surface area contributed by atoms with E-state index in [2.05, 4.69) is 15.6 Å². The first-order valence-corrected chi connectivity index (χ1v) is 7.47. The lowest BCUT2D eigenvalue weighted by atomic mass is 9.99. The third kappa shape index (κ3) is 3.93. The minimum atomic E-state index is -0.864. The molecule has 1 aliphatic rings. The summed E-state index contributed by atoms with van der Waals surface area (Å²) in [6.45, 7) is 3.61. The van der Waals surface area contributed by atoms with Crippen LogP contribution in [0.25, 0.3) is 0 Å².